The minimum absolute atomic E-state index is 0.0521. The highest BCUT2D eigenvalue weighted by Gasteiger charge is 2.19. The fourth-order valence-electron chi connectivity index (χ4n) is 2.64. The Hall–Kier alpha value is -2.24. The van der Waals surface area contributed by atoms with E-state index in [2.05, 4.69) is 10.4 Å². The minimum atomic E-state index is -0.241. The molecule has 26 heavy (non-hydrogen) atoms. The number of carbonyl (C=O) groups is 1. The Morgan fingerprint density at radius 2 is 1.77 bits per heavy atom. The van der Waals surface area contributed by atoms with Crippen molar-refractivity contribution in [3.8, 4) is 5.69 Å². The lowest BCUT2D eigenvalue weighted by Gasteiger charge is -2.12. The third-order valence-corrected chi connectivity index (χ3v) is 5.40. The van der Waals surface area contributed by atoms with Crippen LogP contribution >= 0.6 is 23.4 Å². The molecule has 2 aromatic carbocycles. The third kappa shape index (κ3) is 4.11. The molecule has 3 aromatic rings. The molecule has 0 saturated heterocycles. The summed E-state index contributed by atoms with van der Waals surface area (Å²) in [6, 6.07) is 17.4. The zero-order valence-corrected chi connectivity index (χ0v) is 16.4. The average molecular weight is 386 g/mol. The van der Waals surface area contributed by atoms with E-state index in [1.807, 2.05) is 80.1 Å². The predicted molar refractivity (Wildman–Crippen MR) is 108 cm³/mol. The highest BCUT2D eigenvalue weighted by atomic mass is 35.5. The maximum atomic E-state index is 12.6. The van der Waals surface area contributed by atoms with E-state index in [1.165, 1.54) is 11.8 Å². The van der Waals surface area contributed by atoms with Gasteiger partial charge in [0.25, 0.3) is 0 Å². The number of nitrogens with one attached hydrogen (secondary N) is 1. The number of aromatic nitrogens is 2. The van der Waals surface area contributed by atoms with E-state index >= 15 is 0 Å². The molecule has 0 saturated carbocycles. The van der Waals surface area contributed by atoms with Gasteiger partial charge in [-0.3, -0.25) is 4.79 Å². The van der Waals surface area contributed by atoms with Gasteiger partial charge in [0.1, 0.15) is 0 Å². The molecule has 1 unspecified atom stereocenters. The van der Waals surface area contributed by atoms with Crippen LogP contribution in [0.5, 0.6) is 0 Å². The molecule has 0 radical (unpaired) electrons. The maximum Gasteiger partial charge on any atom is 0.237 e. The van der Waals surface area contributed by atoms with Crippen LogP contribution in [0, 0.1) is 13.8 Å². The number of carbonyl (C=O) groups excluding carboxylic acids is 1. The summed E-state index contributed by atoms with van der Waals surface area (Å²) in [5.41, 5.74) is 3.44. The molecule has 0 spiro atoms. The second-order valence-electron chi connectivity index (χ2n) is 6.00. The van der Waals surface area contributed by atoms with Gasteiger partial charge in [0.05, 0.1) is 28.0 Å². The minimum Gasteiger partial charge on any atom is -0.322 e. The van der Waals surface area contributed by atoms with Crippen molar-refractivity contribution in [3.05, 3.63) is 71.0 Å². The third-order valence-electron chi connectivity index (χ3n) is 4.04. The monoisotopic (exact) mass is 385 g/mol. The van der Waals surface area contributed by atoms with Gasteiger partial charge in [-0.2, -0.15) is 5.10 Å². The second kappa shape index (κ2) is 7.98. The van der Waals surface area contributed by atoms with Crippen molar-refractivity contribution in [2.24, 2.45) is 0 Å². The molecular weight excluding hydrogens is 366 g/mol. The van der Waals surface area contributed by atoms with Gasteiger partial charge in [-0.1, -0.05) is 29.8 Å². The predicted octanol–water partition coefficient (Wildman–Crippen LogP) is 5.26. The number of aryl methyl sites for hydroxylation is 1. The first kappa shape index (κ1) is 18.5. The highest BCUT2D eigenvalue weighted by Crippen LogP contribution is 2.27. The normalized spacial score (nSPS) is 12.0. The van der Waals surface area contributed by atoms with E-state index < -0.39 is 0 Å². The summed E-state index contributed by atoms with van der Waals surface area (Å²) in [5, 5.41) is 8.04. The fourth-order valence-corrected chi connectivity index (χ4v) is 3.63. The Morgan fingerprint density at radius 1 is 1.12 bits per heavy atom. The smallest absolute Gasteiger partial charge is 0.237 e. The Labute approximate surface area is 162 Å². The van der Waals surface area contributed by atoms with Crippen LogP contribution in [0.25, 0.3) is 5.69 Å². The maximum absolute atomic E-state index is 12.6. The van der Waals surface area contributed by atoms with Crippen LogP contribution in [-0.4, -0.2) is 20.9 Å². The van der Waals surface area contributed by atoms with E-state index in [0.29, 0.717) is 5.02 Å². The molecule has 0 aliphatic heterocycles. The van der Waals surface area contributed by atoms with Crippen LogP contribution < -0.4 is 5.32 Å². The SMILES string of the molecule is Cc1nn(-c2ccccc2)c(C)c1NC(=O)C(C)Sc1ccc(Cl)cc1. The Kier molecular flexibility index (Phi) is 5.69. The van der Waals surface area contributed by atoms with Gasteiger partial charge in [-0.15, -0.1) is 11.8 Å². The first-order valence-electron chi connectivity index (χ1n) is 8.30. The van der Waals surface area contributed by atoms with Crippen LogP contribution in [0.2, 0.25) is 5.02 Å². The second-order valence-corrected chi connectivity index (χ2v) is 7.85. The Morgan fingerprint density at radius 3 is 2.42 bits per heavy atom. The number of thioether (sulfide) groups is 1. The van der Waals surface area contributed by atoms with E-state index in [-0.39, 0.29) is 11.2 Å². The van der Waals surface area contributed by atoms with Crippen molar-refractivity contribution in [2.75, 3.05) is 5.32 Å². The lowest BCUT2D eigenvalue weighted by molar-refractivity contribution is -0.115. The van der Waals surface area contributed by atoms with Crippen molar-refractivity contribution in [1.82, 2.24) is 9.78 Å². The summed E-state index contributed by atoms with van der Waals surface area (Å²) < 4.78 is 1.85. The van der Waals surface area contributed by atoms with Crippen molar-refractivity contribution < 1.29 is 4.79 Å². The van der Waals surface area contributed by atoms with Gasteiger partial charge >= 0.3 is 0 Å². The van der Waals surface area contributed by atoms with Crippen molar-refractivity contribution in [2.45, 2.75) is 30.9 Å². The molecule has 1 atom stereocenters. The molecular formula is C20H20ClN3OS. The van der Waals surface area contributed by atoms with Gasteiger partial charge in [-0.05, 0) is 57.2 Å². The number of para-hydroxylation sites is 1. The zero-order valence-electron chi connectivity index (χ0n) is 14.9. The average Bonchev–Trinajstić information content (AvgIpc) is 2.92. The lowest BCUT2D eigenvalue weighted by Crippen LogP contribution is -2.23. The van der Waals surface area contributed by atoms with Crippen molar-refractivity contribution in [1.29, 1.82) is 0 Å². The lowest BCUT2D eigenvalue weighted by atomic mass is 10.3. The van der Waals surface area contributed by atoms with Crippen molar-refractivity contribution in [3.63, 3.8) is 0 Å². The summed E-state index contributed by atoms with van der Waals surface area (Å²) in [4.78, 5) is 13.6. The molecule has 0 fully saturated rings. The van der Waals surface area contributed by atoms with Crippen LogP contribution in [-0.2, 0) is 4.79 Å². The number of halogens is 1. The summed E-state index contributed by atoms with van der Waals surface area (Å²) >= 11 is 7.40. The summed E-state index contributed by atoms with van der Waals surface area (Å²) in [5.74, 6) is -0.0521. The van der Waals surface area contributed by atoms with Gasteiger partial charge in [0.2, 0.25) is 5.91 Å². The number of benzene rings is 2. The van der Waals surface area contributed by atoms with Crippen LogP contribution in [0.3, 0.4) is 0 Å². The quantitative estimate of drug-likeness (QED) is 0.609. The van der Waals surface area contributed by atoms with Gasteiger partial charge < -0.3 is 5.32 Å². The number of nitrogens with zero attached hydrogens (tertiary/aromatic N) is 2. The van der Waals surface area contributed by atoms with E-state index in [0.717, 1.165) is 27.7 Å². The largest absolute Gasteiger partial charge is 0.322 e. The molecule has 1 aromatic heterocycles. The van der Waals surface area contributed by atoms with Gasteiger partial charge in [0, 0.05) is 9.92 Å². The fraction of sp³-hybridized carbons (Fsp3) is 0.200. The van der Waals surface area contributed by atoms with E-state index in [4.69, 9.17) is 11.6 Å². The molecule has 134 valence electrons. The zero-order chi connectivity index (χ0) is 18.7. The number of anilines is 1. The van der Waals surface area contributed by atoms with E-state index in [1.54, 1.807) is 0 Å². The molecule has 0 aliphatic rings. The summed E-state index contributed by atoms with van der Waals surface area (Å²) in [6.45, 7) is 5.75. The van der Waals surface area contributed by atoms with Crippen LogP contribution in [0.4, 0.5) is 5.69 Å². The number of amides is 1. The topological polar surface area (TPSA) is 46.9 Å². The van der Waals surface area contributed by atoms with Crippen LogP contribution in [0.15, 0.2) is 59.5 Å². The van der Waals surface area contributed by atoms with Crippen LogP contribution in [0.1, 0.15) is 18.3 Å². The number of hydrogen-bond acceptors (Lipinski definition) is 3. The molecule has 3 rings (SSSR count). The standard InChI is InChI=1S/C20H20ClN3OS/c1-13-19(14(2)24(23-13)17-7-5-4-6-8-17)22-20(25)15(3)26-18-11-9-16(21)10-12-18/h4-12,15H,1-3H3,(H,22,25). The molecule has 1 heterocycles. The molecule has 0 aliphatic carbocycles. The summed E-state index contributed by atoms with van der Waals surface area (Å²) in [7, 11) is 0. The molecule has 1 amide bonds. The van der Waals surface area contributed by atoms with E-state index in [9.17, 15) is 4.79 Å². The first-order chi connectivity index (χ1) is 12.5. The molecule has 6 heteroatoms. The Bertz CT molecular complexity index is 907. The summed E-state index contributed by atoms with van der Waals surface area (Å²) in [6.07, 6.45) is 0. The highest BCUT2D eigenvalue weighted by molar-refractivity contribution is 8.00. The first-order valence-corrected chi connectivity index (χ1v) is 9.56. The number of rotatable bonds is 5. The van der Waals surface area contributed by atoms with Crippen molar-refractivity contribution >= 4 is 35.0 Å². The van der Waals surface area contributed by atoms with Gasteiger partial charge in [0.15, 0.2) is 0 Å². The number of hydrogen-bond donors (Lipinski definition) is 1. The molecule has 1 N–H and O–H groups in total. The van der Waals surface area contributed by atoms with Gasteiger partial charge in [-0.25, -0.2) is 4.68 Å². The molecule has 4 nitrogen and oxygen atoms in total. The molecule has 0 bridgehead atoms. The Balaban J connectivity index is 1.75.